The van der Waals surface area contributed by atoms with Gasteiger partial charge >= 0.3 is 0 Å². The molecule has 0 nitrogen and oxygen atoms in total. The molecule has 0 spiro atoms. The van der Waals surface area contributed by atoms with Crippen molar-refractivity contribution in [3.8, 4) is 0 Å². The highest BCUT2D eigenvalue weighted by atomic mass is 79.9. The molecule has 1 aromatic rings. The highest BCUT2D eigenvalue weighted by Crippen LogP contribution is 2.43. The fourth-order valence-corrected chi connectivity index (χ4v) is 3.43. The molecule has 2 atom stereocenters. The van der Waals surface area contributed by atoms with Gasteiger partial charge in [0.25, 0.3) is 0 Å². The first kappa shape index (κ1) is 9.65. The third-order valence-corrected chi connectivity index (χ3v) is 4.35. The summed E-state index contributed by atoms with van der Waals surface area (Å²) in [6.07, 6.45) is 9.91. The summed E-state index contributed by atoms with van der Waals surface area (Å²) in [4.78, 5) is 0. The van der Waals surface area contributed by atoms with Gasteiger partial charge in [0.1, 0.15) is 0 Å². The molecule has 0 unspecified atom stereocenters. The van der Waals surface area contributed by atoms with Crippen LogP contribution in [0.25, 0.3) is 0 Å². The highest BCUT2D eigenvalue weighted by Gasteiger charge is 2.29. The second-order valence-electron chi connectivity index (χ2n) is 4.69. The lowest BCUT2D eigenvalue weighted by atomic mass is 9.70. The van der Waals surface area contributed by atoms with Crippen LogP contribution in [0, 0.1) is 5.92 Å². The zero-order chi connectivity index (χ0) is 10.3. The highest BCUT2D eigenvalue weighted by molar-refractivity contribution is 9.10. The van der Waals surface area contributed by atoms with Crippen molar-refractivity contribution in [2.24, 2.45) is 5.92 Å². The lowest BCUT2D eigenvalue weighted by Crippen LogP contribution is -2.21. The average Bonchev–Trinajstić information content (AvgIpc) is 2.29. The Kier molecular flexibility index (Phi) is 2.44. The van der Waals surface area contributed by atoms with Gasteiger partial charge in [0.05, 0.1) is 0 Å². The molecule has 1 aromatic carbocycles. The van der Waals surface area contributed by atoms with Gasteiger partial charge in [0.2, 0.25) is 0 Å². The zero-order valence-electron chi connectivity index (χ0n) is 8.75. The molecule has 0 aromatic heterocycles. The normalized spacial score (nSPS) is 28.3. The molecule has 0 bridgehead atoms. The zero-order valence-corrected chi connectivity index (χ0v) is 10.3. The van der Waals surface area contributed by atoms with E-state index in [0.717, 1.165) is 11.8 Å². The molecule has 2 aliphatic rings. The number of aryl methyl sites for hydroxylation is 1. The summed E-state index contributed by atoms with van der Waals surface area (Å²) in [6.45, 7) is 0. The van der Waals surface area contributed by atoms with Gasteiger partial charge in [-0.1, -0.05) is 34.1 Å². The van der Waals surface area contributed by atoms with Crippen molar-refractivity contribution in [3.63, 3.8) is 0 Å². The molecule has 0 saturated heterocycles. The van der Waals surface area contributed by atoms with E-state index in [0.29, 0.717) is 0 Å². The fourth-order valence-electron chi connectivity index (χ4n) is 3.05. The van der Waals surface area contributed by atoms with Crippen LogP contribution in [0.5, 0.6) is 0 Å². The number of benzene rings is 1. The topological polar surface area (TPSA) is 0 Å². The number of rotatable bonds is 0. The first-order valence-corrected chi connectivity index (χ1v) is 6.57. The van der Waals surface area contributed by atoms with Crippen LogP contribution in [0.4, 0.5) is 0 Å². The maximum atomic E-state index is 3.59. The summed E-state index contributed by atoms with van der Waals surface area (Å²) in [7, 11) is 0. The van der Waals surface area contributed by atoms with Crippen molar-refractivity contribution >= 4 is 15.9 Å². The number of halogens is 1. The summed E-state index contributed by atoms with van der Waals surface area (Å²) in [6, 6.07) is 6.82. The van der Waals surface area contributed by atoms with E-state index in [4.69, 9.17) is 0 Å². The maximum absolute atomic E-state index is 3.59. The smallest absolute Gasteiger partial charge is 0.0178 e. The van der Waals surface area contributed by atoms with Gasteiger partial charge in [-0.15, -0.1) is 0 Å². The van der Waals surface area contributed by atoms with E-state index in [9.17, 15) is 0 Å². The van der Waals surface area contributed by atoms with Crippen molar-refractivity contribution in [1.29, 1.82) is 0 Å². The molecule has 0 saturated carbocycles. The predicted octanol–water partition coefficient (Wildman–Crippen LogP) is 4.45. The van der Waals surface area contributed by atoms with Gasteiger partial charge in [-0.2, -0.15) is 0 Å². The Bertz CT molecular complexity index is 406. The summed E-state index contributed by atoms with van der Waals surface area (Å²) in [5.41, 5.74) is 3.18. The maximum Gasteiger partial charge on any atom is 0.0178 e. The van der Waals surface area contributed by atoms with E-state index in [2.05, 4.69) is 46.3 Å². The lowest BCUT2D eigenvalue weighted by molar-refractivity contribution is 0.363. The quantitative estimate of drug-likeness (QED) is 0.607. The van der Waals surface area contributed by atoms with Crippen LogP contribution in [-0.2, 0) is 6.42 Å². The molecule has 0 N–H and O–H groups in total. The van der Waals surface area contributed by atoms with E-state index >= 15 is 0 Å². The van der Waals surface area contributed by atoms with E-state index < -0.39 is 0 Å². The molecular formula is C14H15Br. The number of fused-ring (bicyclic) bond motifs is 3. The van der Waals surface area contributed by atoms with Gasteiger partial charge in [-0.25, -0.2) is 0 Å². The summed E-state index contributed by atoms with van der Waals surface area (Å²) in [5.74, 6) is 1.69. The first-order chi connectivity index (χ1) is 7.34. The number of hydrogen-bond donors (Lipinski definition) is 0. The van der Waals surface area contributed by atoms with E-state index in [1.165, 1.54) is 30.2 Å². The minimum absolute atomic E-state index is 0.788. The molecular weight excluding hydrogens is 248 g/mol. The standard InChI is InChI=1S/C14H15Br/c15-12-8-7-11-6-5-10-3-1-2-4-13(10)14(11)9-12/h1-2,7-10,13H,3-6H2/t10-,13-/m0/s1. The van der Waals surface area contributed by atoms with Crippen molar-refractivity contribution in [3.05, 3.63) is 46.0 Å². The summed E-state index contributed by atoms with van der Waals surface area (Å²) in [5, 5.41) is 0. The lowest BCUT2D eigenvalue weighted by Gasteiger charge is -2.35. The SMILES string of the molecule is Brc1ccc2c(c1)[C@H]1CC=CC[C@H]1CC2. The number of allylic oxidation sites excluding steroid dienone is 2. The Hall–Kier alpha value is -0.560. The van der Waals surface area contributed by atoms with E-state index in [-0.39, 0.29) is 0 Å². The predicted molar refractivity (Wildman–Crippen MR) is 67.1 cm³/mol. The average molecular weight is 263 g/mol. The molecule has 1 heteroatoms. The first-order valence-electron chi connectivity index (χ1n) is 5.78. The van der Waals surface area contributed by atoms with Crippen LogP contribution in [0.15, 0.2) is 34.8 Å². The Morgan fingerprint density at radius 2 is 2.00 bits per heavy atom. The summed E-state index contributed by atoms with van der Waals surface area (Å²) >= 11 is 3.59. The molecule has 15 heavy (non-hydrogen) atoms. The van der Waals surface area contributed by atoms with Crippen LogP contribution < -0.4 is 0 Å². The third kappa shape index (κ3) is 1.67. The van der Waals surface area contributed by atoms with Gasteiger partial charge in [-0.05, 0) is 60.8 Å². The van der Waals surface area contributed by atoms with Gasteiger partial charge in [0.15, 0.2) is 0 Å². The van der Waals surface area contributed by atoms with Crippen LogP contribution in [0.1, 0.15) is 36.3 Å². The molecule has 3 rings (SSSR count). The monoisotopic (exact) mass is 262 g/mol. The molecule has 0 radical (unpaired) electrons. The second-order valence-corrected chi connectivity index (χ2v) is 5.61. The second kappa shape index (κ2) is 3.79. The van der Waals surface area contributed by atoms with Crippen LogP contribution >= 0.6 is 15.9 Å². The van der Waals surface area contributed by atoms with Crippen molar-refractivity contribution in [2.45, 2.75) is 31.6 Å². The Balaban J connectivity index is 2.05. The molecule has 0 aliphatic heterocycles. The van der Waals surface area contributed by atoms with Gasteiger partial charge in [0, 0.05) is 4.47 Å². The number of hydrogen-bond acceptors (Lipinski definition) is 0. The minimum atomic E-state index is 0.788. The largest absolute Gasteiger partial charge is 0.0882 e. The van der Waals surface area contributed by atoms with Crippen molar-refractivity contribution in [2.75, 3.05) is 0 Å². The van der Waals surface area contributed by atoms with Gasteiger partial charge < -0.3 is 0 Å². The van der Waals surface area contributed by atoms with E-state index in [1.54, 1.807) is 11.1 Å². The molecule has 0 fully saturated rings. The summed E-state index contributed by atoms with van der Waals surface area (Å²) < 4.78 is 1.23. The van der Waals surface area contributed by atoms with Gasteiger partial charge in [-0.3, -0.25) is 0 Å². The molecule has 78 valence electrons. The molecule has 0 amide bonds. The Morgan fingerprint density at radius 3 is 2.93 bits per heavy atom. The third-order valence-electron chi connectivity index (χ3n) is 3.86. The minimum Gasteiger partial charge on any atom is -0.0882 e. The molecule has 2 aliphatic carbocycles. The Labute approximate surface area is 99.5 Å². The van der Waals surface area contributed by atoms with Crippen LogP contribution in [0.3, 0.4) is 0 Å². The van der Waals surface area contributed by atoms with Crippen LogP contribution in [-0.4, -0.2) is 0 Å². The van der Waals surface area contributed by atoms with Crippen molar-refractivity contribution in [1.82, 2.24) is 0 Å². The van der Waals surface area contributed by atoms with Crippen molar-refractivity contribution < 1.29 is 0 Å². The molecule has 0 heterocycles. The van der Waals surface area contributed by atoms with E-state index in [1.807, 2.05) is 0 Å². The van der Waals surface area contributed by atoms with Crippen LogP contribution in [0.2, 0.25) is 0 Å². The Morgan fingerprint density at radius 1 is 1.13 bits per heavy atom. The fraction of sp³-hybridized carbons (Fsp3) is 0.429.